The van der Waals surface area contributed by atoms with E-state index in [1.165, 1.54) is 17.8 Å². The Morgan fingerprint density at radius 3 is 2.41 bits per heavy atom. The summed E-state index contributed by atoms with van der Waals surface area (Å²) in [5.74, 6) is 0.465. The monoisotopic (exact) mass is 256 g/mol. The molecule has 0 fully saturated rings. The minimum Gasteiger partial charge on any atom is -0.383 e. The van der Waals surface area contributed by atoms with Crippen LogP contribution >= 0.6 is 11.8 Å². The molecule has 0 bridgehead atoms. The van der Waals surface area contributed by atoms with Gasteiger partial charge in [-0.05, 0) is 0 Å². The predicted octanol–water partition coefficient (Wildman–Crippen LogP) is -0.682. The van der Waals surface area contributed by atoms with Crippen LogP contribution in [-0.2, 0) is 4.79 Å². The van der Waals surface area contributed by atoms with Crippen LogP contribution in [0.25, 0.3) is 0 Å². The summed E-state index contributed by atoms with van der Waals surface area (Å²) in [6.45, 7) is 0. The summed E-state index contributed by atoms with van der Waals surface area (Å²) in [5.41, 5.74) is 15.7. The molecule has 0 aliphatic carbocycles. The highest BCUT2D eigenvalue weighted by atomic mass is 32.2. The number of urea groups is 1. The van der Waals surface area contributed by atoms with Crippen LogP contribution in [0.2, 0.25) is 0 Å². The predicted molar refractivity (Wildman–Crippen MR) is 63.9 cm³/mol. The van der Waals surface area contributed by atoms with Crippen LogP contribution in [0.3, 0.4) is 0 Å². The second-order valence-corrected chi connectivity index (χ2v) is 4.07. The highest BCUT2D eigenvalue weighted by Gasteiger charge is 2.06. The van der Waals surface area contributed by atoms with Gasteiger partial charge in [-0.2, -0.15) is 0 Å². The van der Waals surface area contributed by atoms with E-state index in [-0.39, 0.29) is 18.1 Å². The molecule has 1 heterocycles. The third-order valence-corrected chi connectivity index (χ3v) is 2.42. The molecule has 1 aromatic rings. The number of carbonyl (C=O) groups is 2. The molecule has 7 N–H and O–H groups in total. The van der Waals surface area contributed by atoms with Crippen LogP contribution in [0.1, 0.15) is 6.42 Å². The van der Waals surface area contributed by atoms with E-state index in [0.29, 0.717) is 10.9 Å². The van der Waals surface area contributed by atoms with Gasteiger partial charge in [-0.1, -0.05) is 11.8 Å². The quantitative estimate of drug-likeness (QED) is 0.411. The standard InChI is InChI=1S/C8H12N6O2S/c9-4-3-5(10)13-8(12-4)17-2-1-6(15)14-7(11)16/h3H,1-2H2,(H4,9,10,12,13)(H3,11,14,15,16). The molecule has 92 valence electrons. The smallest absolute Gasteiger partial charge is 0.318 e. The maximum atomic E-state index is 11.1. The highest BCUT2D eigenvalue weighted by Crippen LogP contribution is 2.16. The number of primary amides is 1. The zero-order chi connectivity index (χ0) is 12.8. The molecule has 0 saturated heterocycles. The Kier molecular flexibility index (Phi) is 4.52. The zero-order valence-corrected chi connectivity index (χ0v) is 9.66. The van der Waals surface area contributed by atoms with Gasteiger partial charge in [0.25, 0.3) is 0 Å². The minimum absolute atomic E-state index is 0.117. The maximum absolute atomic E-state index is 11.1. The second-order valence-electron chi connectivity index (χ2n) is 3.01. The van der Waals surface area contributed by atoms with Gasteiger partial charge in [0.2, 0.25) is 5.91 Å². The van der Waals surface area contributed by atoms with Gasteiger partial charge < -0.3 is 17.2 Å². The molecule has 0 atom stereocenters. The summed E-state index contributed by atoms with van der Waals surface area (Å²) in [7, 11) is 0. The van der Waals surface area contributed by atoms with Crippen molar-refractivity contribution in [3.8, 4) is 0 Å². The van der Waals surface area contributed by atoms with Gasteiger partial charge in [0.05, 0.1) is 0 Å². The normalized spacial score (nSPS) is 9.88. The van der Waals surface area contributed by atoms with Gasteiger partial charge >= 0.3 is 6.03 Å². The van der Waals surface area contributed by atoms with Crippen molar-refractivity contribution >= 4 is 35.3 Å². The first kappa shape index (κ1) is 13.0. The molecule has 0 radical (unpaired) electrons. The number of nitrogens with zero attached hydrogens (tertiary/aromatic N) is 2. The molecule has 8 nitrogen and oxygen atoms in total. The number of nitrogens with two attached hydrogens (primary N) is 3. The van der Waals surface area contributed by atoms with E-state index in [0.717, 1.165) is 0 Å². The topological polar surface area (TPSA) is 150 Å². The lowest BCUT2D eigenvalue weighted by Gasteiger charge is -2.02. The summed E-state index contributed by atoms with van der Waals surface area (Å²) in [6.07, 6.45) is 0.117. The van der Waals surface area contributed by atoms with Gasteiger partial charge in [0.15, 0.2) is 5.16 Å². The van der Waals surface area contributed by atoms with Crippen molar-refractivity contribution in [2.24, 2.45) is 5.73 Å². The molecular weight excluding hydrogens is 244 g/mol. The lowest BCUT2D eigenvalue weighted by molar-refractivity contribution is -0.119. The van der Waals surface area contributed by atoms with Crippen molar-refractivity contribution in [3.63, 3.8) is 0 Å². The van der Waals surface area contributed by atoms with Gasteiger partial charge in [0.1, 0.15) is 11.6 Å². The largest absolute Gasteiger partial charge is 0.383 e. The van der Waals surface area contributed by atoms with Crippen LogP contribution in [0.4, 0.5) is 16.4 Å². The molecule has 3 amide bonds. The number of amides is 3. The molecule has 17 heavy (non-hydrogen) atoms. The Hall–Kier alpha value is -2.03. The third kappa shape index (κ3) is 5.02. The number of hydrogen-bond acceptors (Lipinski definition) is 7. The number of aromatic nitrogens is 2. The average molecular weight is 256 g/mol. The average Bonchev–Trinajstić information content (AvgIpc) is 2.14. The van der Waals surface area contributed by atoms with Crippen LogP contribution in [0, 0.1) is 0 Å². The SMILES string of the molecule is NC(=O)NC(=O)CCSc1nc(N)cc(N)n1. The number of rotatable bonds is 4. The van der Waals surface area contributed by atoms with Crippen LogP contribution in [0.15, 0.2) is 11.2 Å². The number of carbonyl (C=O) groups excluding carboxylic acids is 2. The van der Waals surface area contributed by atoms with E-state index >= 15 is 0 Å². The molecule has 1 rings (SSSR count). The molecule has 9 heteroatoms. The first-order valence-corrected chi connectivity index (χ1v) is 5.58. The van der Waals surface area contributed by atoms with E-state index in [9.17, 15) is 9.59 Å². The van der Waals surface area contributed by atoms with E-state index < -0.39 is 11.9 Å². The molecule has 0 unspecified atom stereocenters. The minimum atomic E-state index is -0.871. The number of thioether (sulfide) groups is 1. The van der Waals surface area contributed by atoms with Crippen molar-refractivity contribution in [1.82, 2.24) is 15.3 Å². The van der Waals surface area contributed by atoms with E-state index in [1.807, 2.05) is 5.32 Å². The number of hydrogen-bond donors (Lipinski definition) is 4. The Morgan fingerprint density at radius 1 is 1.29 bits per heavy atom. The van der Waals surface area contributed by atoms with Crippen molar-refractivity contribution in [2.45, 2.75) is 11.6 Å². The fourth-order valence-corrected chi connectivity index (χ4v) is 1.77. The number of nitrogens with one attached hydrogen (secondary N) is 1. The second kappa shape index (κ2) is 5.89. The Balaban J connectivity index is 2.40. The van der Waals surface area contributed by atoms with Gasteiger partial charge in [-0.3, -0.25) is 10.1 Å². The van der Waals surface area contributed by atoms with Crippen molar-refractivity contribution in [1.29, 1.82) is 0 Å². The number of nitrogen functional groups attached to an aromatic ring is 2. The van der Waals surface area contributed by atoms with Crippen molar-refractivity contribution < 1.29 is 9.59 Å². The maximum Gasteiger partial charge on any atom is 0.318 e. The lowest BCUT2D eigenvalue weighted by atomic mass is 10.4. The van der Waals surface area contributed by atoms with E-state index in [2.05, 4.69) is 9.97 Å². The third-order valence-electron chi connectivity index (χ3n) is 1.57. The molecule has 1 aromatic heterocycles. The molecule has 0 aliphatic heterocycles. The van der Waals surface area contributed by atoms with Crippen molar-refractivity contribution in [2.75, 3.05) is 17.2 Å². The summed E-state index contributed by atoms with van der Waals surface area (Å²) < 4.78 is 0. The van der Waals surface area contributed by atoms with Crippen LogP contribution in [-0.4, -0.2) is 27.7 Å². The van der Waals surface area contributed by atoms with Crippen molar-refractivity contribution in [3.05, 3.63) is 6.07 Å². The fourth-order valence-electron chi connectivity index (χ4n) is 0.961. The number of imide groups is 1. The Labute approximate surface area is 101 Å². The Bertz CT molecular complexity index is 418. The van der Waals surface area contributed by atoms with Gasteiger partial charge in [-0.15, -0.1) is 0 Å². The lowest BCUT2D eigenvalue weighted by Crippen LogP contribution is -2.35. The Morgan fingerprint density at radius 2 is 1.88 bits per heavy atom. The summed E-state index contributed by atoms with van der Waals surface area (Å²) in [6, 6.07) is 0.564. The first-order valence-electron chi connectivity index (χ1n) is 4.59. The van der Waals surface area contributed by atoms with Gasteiger partial charge in [0, 0.05) is 18.2 Å². The summed E-state index contributed by atoms with van der Waals surface area (Å²) in [5, 5.41) is 2.33. The zero-order valence-electron chi connectivity index (χ0n) is 8.84. The summed E-state index contributed by atoms with van der Waals surface area (Å²) in [4.78, 5) is 29.3. The van der Waals surface area contributed by atoms with E-state index in [1.54, 1.807) is 0 Å². The van der Waals surface area contributed by atoms with E-state index in [4.69, 9.17) is 17.2 Å². The van der Waals surface area contributed by atoms with Crippen LogP contribution < -0.4 is 22.5 Å². The first-order chi connectivity index (χ1) is 7.97. The summed E-state index contributed by atoms with van der Waals surface area (Å²) >= 11 is 1.21. The molecule has 0 saturated carbocycles. The fraction of sp³-hybridized carbons (Fsp3) is 0.250. The highest BCUT2D eigenvalue weighted by molar-refractivity contribution is 7.99. The molecule has 0 spiro atoms. The molecule has 0 aliphatic rings. The van der Waals surface area contributed by atoms with Gasteiger partial charge in [-0.25, -0.2) is 14.8 Å². The number of anilines is 2. The molecule has 0 aromatic carbocycles. The van der Waals surface area contributed by atoms with Crippen LogP contribution in [0.5, 0.6) is 0 Å². The molecular formula is C8H12N6O2S.